The molecule has 0 saturated heterocycles. The highest BCUT2D eigenvalue weighted by molar-refractivity contribution is 5.87. The summed E-state index contributed by atoms with van der Waals surface area (Å²) in [5.74, 6) is 1.41. The Kier molecular flexibility index (Phi) is 3.81. The predicted molar refractivity (Wildman–Crippen MR) is 76.4 cm³/mol. The number of ether oxygens (including phenoxy) is 1. The summed E-state index contributed by atoms with van der Waals surface area (Å²) in [6, 6.07) is 1.80. The van der Waals surface area contributed by atoms with Gasteiger partial charge >= 0.3 is 5.97 Å². The molecule has 0 bridgehead atoms. The molecule has 1 aromatic heterocycles. The molecule has 2 aliphatic rings. The van der Waals surface area contributed by atoms with E-state index < -0.39 is 0 Å². The van der Waals surface area contributed by atoms with Crippen LogP contribution in [0.1, 0.15) is 61.1 Å². The lowest BCUT2D eigenvalue weighted by Gasteiger charge is -2.38. The summed E-state index contributed by atoms with van der Waals surface area (Å²) in [6.07, 6.45) is 8.85. The van der Waals surface area contributed by atoms with Crippen molar-refractivity contribution < 1.29 is 9.53 Å². The molecule has 0 N–H and O–H groups in total. The van der Waals surface area contributed by atoms with E-state index in [0.29, 0.717) is 5.69 Å². The molecule has 3 atom stereocenters. The predicted octanol–water partition coefficient (Wildman–Crippen LogP) is 3.24. The molecule has 0 amide bonds. The number of esters is 1. The molecular formula is C16H24N2O2. The highest BCUT2D eigenvalue weighted by Gasteiger charge is 2.34. The number of aromatic nitrogens is 2. The quantitative estimate of drug-likeness (QED) is 0.779. The van der Waals surface area contributed by atoms with Crippen LogP contribution >= 0.6 is 0 Å². The van der Waals surface area contributed by atoms with E-state index in [0.717, 1.165) is 30.4 Å². The van der Waals surface area contributed by atoms with Crippen LogP contribution in [0.3, 0.4) is 0 Å². The molecule has 0 aromatic carbocycles. The zero-order valence-electron chi connectivity index (χ0n) is 12.5. The molecule has 0 spiro atoms. The topological polar surface area (TPSA) is 44.1 Å². The van der Waals surface area contributed by atoms with Crippen molar-refractivity contribution >= 4 is 5.97 Å². The number of fused-ring (bicyclic) bond motifs is 1. The first-order valence-electron chi connectivity index (χ1n) is 7.85. The van der Waals surface area contributed by atoms with Gasteiger partial charge in [-0.1, -0.05) is 25.7 Å². The number of carbonyl (C=O) groups excluding carboxylic acids is 1. The molecule has 1 aromatic rings. The SMILES string of the molecule is Cc1cc(C(=O)OC2CCC3CCCCC3C2)nn1C. The fraction of sp³-hybridized carbons (Fsp3) is 0.750. The molecule has 0 aliphatic heterocycles. The van der Waals surface area contributed by atoms with E-state index in [1.165, 1.54) is 32.1 Å². The molecule has 4 heteroatoms. The van der Waals surface area contributed by atoms with Gasteiger partial charge in [0.05, 0.1) is 0 Å². The van der Waals surface area contributed by atoms with Crippen molar-refractivity contribution in [3.8, 4) is 0 Å². The maximum absolute atomic E-state index is 12.1. The summed E-state index contributed by atoms with van der Waals surface area (Å²) in [4.78, 5) is 12.1. The number of carbonyl (C=O) groups is 1. The summed E-state index contributed by atoms with van der Waals surface area (Å²) in [5, 5.41) is 4.20. The fourth-order valence-corrected chi connectivity index (χ4v) is 3.81. The van der Waals surface area contributed by atoms with Crippen LogP contribution in [0.25, 0.3) is 0 Å². The van der Waals surface area contributed by atoms with Crippen molar-refractivity contribution in [2.24, 2.45) is 18.9 Å². The first-order valence-corrected chi connectivity index (χ1v) is 7.85. The molecule has 1 heterocycles. The summed E-state index contributed by atoms with van der Waals surface area (Å²) in [6.45, 7) is 1.94. The average molecular weight is 276 g/mol. The Hall–Kier alpha value is -1.32. The Bertz CT molecular complexity index is 475. The van der Waals surface area contributed by atoms with Gasteiger partial charge in [0.15, 0.2) is 5.69 Å². The van der Waals surface area contributed by atoms with E-state index in [1.807, 2.05) is 14.0 Å². The molecule has 110 valence electrons. The maximum Gasteiger partial charge on any atom is 0.359 e. The van der Waals surface area contributed by atoms with Crippen LogP contribution in [0.2, 0.25) is 0 Å². The van der Waals surface area contributed by atoms with Gasteiger partial charge in [-0.15, -0.1) is 0 Å². The summed E-state index contributed by atoms with van der Waals surface area (Å²) in [5.41, 5.74) is 1.42. The first-order chi connectivity index (χ1) is 9.63. The van der Waals surface area contributed by atoms with Gasteiger partial charge in [-0.3, -0.25) is 4.68 Å². The van der Waals surface area contributed by atoms with Crippen LogP contribution in [0, 0.1) is 18.8 Å². The van der Waals surface area contributed by atoms with Crippen LogP contribution in [-0.4, -0.2) is 21.9 Å². The second-order valence-corrected chi connectivity index (χ2v) is 6.44. The van der Waals surface area contributed by atoms with Crippen molar-refractivity contribution in [1.82, 2.24) is 9.78 Å². The minimum atomic E-state index is -0.257. The molecule has 2 saturated carbocycles. The van der Waals surface area contributed by atoms with Crippen molar-refractivity contribution in [1.29, 1.82) is 0 Å². The molecule has 20 heavy (non-hydrogen) atoms. The smallest absolute Gasteiger partial charge is 0.359 e. The Labute approximate surface area is 120 Å². The van der Waals surface area contributed by atoms with Gasteiger partial charge in [0, 0.05) is 12.7 Å². The summed E-state index contributed by atoms with van der Waals surface area (Å²) in [7, 11) is 1.85. The highest BCUT2D eigenvalue weighted by Crippen LogP contribution is 2.41. The van der Waals surface area contributed by atoms with E-state index in [1.54, 1.807) is 10.7 Å². The van der Waals surface area contributed by atoms with E-state index in [9.17, 15) is 4.79 Å². The standard InChI is InChI=1S/C16H24N2O2/c1-11-9-15(17-18(11)2)16(19)20-14-8-7-12-5-3-4-6-13(12)10-14/h9,12-14H,3-8,10H2,1-2H3. The summed E-state index contributed by atoms with van der Waals surface area (Å²) >= 11 is 0. The number of aryl methyl sites for hydroxylation is 2. The van der Waals surface area contributed by atoms with Crippen molar-refractivity contribution in [3.05, 3.63) is 17.5 Å². The fourth-order valence-electron chi connectivity index (χ4n) is 3.81. The first kappa shape index (κ1) is 13.7. The normalized spacial score (nSPS) is 29.8. The molecule has 3 rings (SSSR count). The van der Waals surface area contributed by atoms with Gasteiger partial charge in [0.2, 0.25) is 0 Å². The minimum Gasteiger partial charge on any atom is -0.458 e. The lowest BCUT2D eigenvalue weighted by molar-refractivity contribution is -0.00152. The van der Waals surface area contributed by atoms with E-state index in [-0.39, 0.29) is 12.1 Å². The molecule has 2 fully saturated rings. The van der Waals surface area contributed by atoms with Crippen LogP contribution in [-0.2, 0) is 11.8 Å². The van der Waals surface area contributed by atoms with Gasteiger partial charge in [-0.25, -0.2) is 4.79 Å². The number of hydrogen-bond acceptors (Lipinski definition) is 3. The van der Waals surface area contributed by atoms with Crippen molar-refractivity contribution in [3.63, 3.8) is 0 Å². The highest BCUT2D eigenvalue weighted by atomic mass is 16.5. The lowest BCUT2D eigenvalue weighted by Crippen LogP contribution is -2.33. The second-order valence-electron chi connectivity index (χ2n) is 6.44. The number of rotatable bonds is 2. The second kappa shape index (κ2) is 5.58. The van der Waals surface area contributed by atoms with Gasteiger partial charge < -0.3 is 4.74 Å². The number of hydrogen-bond donors (Lipinski definition) is 0. The number of nitrogens with zero attached hydrogens (tertiary/aromatic N) is 2. The van der Waals surface area contributed by atoms with E-state index in [2.05, 4.69) is 5.10 Å². The zero-order valence-corrected chi connectivity index (χ0v) is 12.5. The van der Waals surface area contributed by atoms with E-state index in [4.69, 9.17) is 4.74 Å². The van der Waals surface area contributed by atoms with Gasteiger partial charge in [-0.2, -0.15) is 5.10 Å². The third-order valence-corrected chi connectivity index (χ3v) is 5.09. The monoisotopic (exact) mass is 276 g/mol. The molecule has 4 nitrogen and oxygen atoms in total. The zero-order chi connectivity index (χ0) is 14.1. The molecule has 0 radical (unpaired) electrons. The Morgan fingerprint density at radius 1 is 1.25 bits per heavy atom. The van der Waals surface area contributed by atoms with Crippen LogP contribution in [0.4, 0.5) is 0 Å². The lowest BCUT2D eigenvalue weighted by atomic mass is 9.70. The van der Waals surface area contributed by atoms with Crippen molar-refractivity contribution in [2.45, 2.75) is 58.0 Å². The van der Waals surface area contributed by atoms with Crippen molar-refractivity contribution in [2.75, 3.05) is 0 Å². The molecular weight excluding hydrogens is 252 g/mol. The third-order valence-electron chi connectivity index (χ3n) is 5.09. The minimum absolute atomic E-state index is 0.101. The average Bonchev–Trinajstić information content (AvgIpc) is 2.79. The molecule has 2 aliphatic carbocycles. The van der Waals surface area contributed by atoms with Gasteiger partial charge in [0.25, 0.3) is 0 Å². The Morgan fingerprint density at radius 2 is 2.00 bits per heavy atom. The van der Waals surface area contributed by atoms with Gasteiger partial charge in [0.1, 0.15) is 6.10 Å². The third kappa shape index (κ3) is 2.74. The maximum atomic E-state index is 12.1. The molecule has 3 unspecified atom stereocenters. The van der Waals surface area contributed by atoms with Crippen LogP contribution in [0.5, 0.6) is 0 Å². The van der Waals surface area contributed by atoms with Crippen LogP contribution in [0.15, 0.2) is 6.07 Å². The Morgan fingerprint density at radius 3 is 2.70 bits per heavy atom. The summed E-state index contributed by atoms with van der Waals surface area (Å²) < 4.78 is 7.40. The van der Waals surface area contributed by atoms with E-state index >= 15 is 0 Å². The van der Waals surface area contributed by atoms with Gasteiger partial charge in [-0.05, 0) is 44.1 Å². The van der Waals surface area contributed by atoms with Crippen LogP contribution < -0.4 is 0 Å². The Balaban J connectivity index is 1.59. The largest absolute Gasteiger partial charge is 0.458 e.